The molecule has 0 saturated heterocycles. The topological polar surface area (TPSA) is 62.2 Å². The van der Waals surface area contributed by atoms with Crippen molar-refractivity contribution in [2.24, 2.45) is 0 Å². The number of hydrogen-bond acceptors (Lipinski definition) is 3. The van der Waals surface area contributed by atoms with E-state index < -0.39 is 5.97 Å². The van der Waals surface area contributed by atoms with E-state index in [0.29, 0.717) is 11.4 Å². The Kier molecular flexibility index (Phi) is 4.22. The average Bonchev–Trinajstić information content (AvgIpc) is 2.46. The number of benzene rings is 1. The van der Waals surface area contributed by atoms with Gasteiger partial charge in [0.2, 0.25) is 0 Å². The molecule has 0 unspecified atom stereocenters. The fraction of sp³-hybridized carbons (Fsp3) is 0.333. The smallest absolute Gasteiger partial charge is 0.337 e. The van der Waals surface area contributed by atoms with Crippen LogP contribution >= 0.6 is 0 Å². The van der Waals surface area contributed by atoms with E-state index in [9.17, 15) is 9.90 Å². The lowest BCUT2D eigenvalue weighted by Gasteiger charge is -2.19. The van der Waals surface area contributed by atoms with Gasteiger partial charge >= 0.3 is 5.97 Å². The molecule has 4 nitrogen and oxygen atoms in total. The normalized spacial score (nSPS) is 11.3. The van der Waals surface area contributed by atoms with Crippen LogP contribution in [0.4, 0.5) is 5.69 Å². The minimum absolute atomic E-state index is 0.0981. The van der Waals surface area contributed by atoms with Crippen LogP contribution in [0, 0.1) is 6.92 Å². The molecule has 1 aromatic heterocycles. The van der Waals surface area contributed by atoms with E-state index in [1.165, 1.54) is 5.56 Å². The highest BCUT2D eigenvalue weighted by atomic mass is 16.4. The summed E-state index contributed by atoms with van der Waals surface area (Å²) in [7, 11) is 1.77. The molecule has 22 heavy (non-hydrogen) atoms. The second-order valence-corrected chi connectivity index (χ2v) is 6.40. The van der Waals surface area contributed by atoms with Crippen LogP contribution in [0.25, 0.3) is 11.3 Å². The number of rotatable bonds is 3. The van der Waals surface area contributed by atoms with Crippen molar-refractivity contribution < 1.29 is 9.90 Å². The van der Waals surface area contributed by atoms with Crippen molar-refractivity contribution in [2.75, 3.05) is 12.4 Å². The Balaban J connectivity index is 2.52. The summed E-state index contributed by atoms with van der Waals surface area (Å²) in [6.07, 6.45) is 0. The monoisotopic (exact) mass is 298 g/mol. The molecule has 1 aromatic carbocycles. The largest absolute Gasteiger partial charge is 0.478 e. The number of carbonyl (C=O) groups is 1. The number of anilines is 1. The number of carboxylic acids is 1. The molecule has 0 atom stereocenters. The van der Waals surface area contributed by atoms with Crippen molar-refractivity contribution in [1.82, 2.24) is 4.98 Å². The summed E-state index contributed by atoms with van der Waals surface area (Å²) < 4.78 is 0. The molecule has 4 heteroatoms. The first-order chi connectivity index (χ1) is 10.2. The molecule has 2 N–H and O–H groups in total. The summed E-state index contributed by atoms with van der Waals surface area (Å²) >= 11 is 0. The Hall–Kier alpha value is -2.36. The van der Waals surface area contributed by atoms with Crippen molar-refractivity contribution in [2.45, 2.75) is 33.1 Å². The zero-order chi connectivity index (χ0) is 16.5. The fourth-order valence-electron chi connectivity index (χ4n) is 2.36. The number of aromatic nitrogens is 1. The van der Waals surface area contributed by atoms with E-state index in [1.807, 2.05) is 12.1 Å². The Morgan fingerprint density at radius 3 is 2.23 bits per heavy atom. The third-order valence-corrected chi connectivity index (χ3v) is 3.74. The van der Waals surface area contributed by atoms with Gasteiger partial charge in [-0.05, 0) is 24.0 Å². The maximum absolute atomic E-state index is 11.2. The first-order valence-electron chi connectivity index (χ1n) is 7.27. The van der Waals surface area contributed by atoms with Crippen LogP contribution in [0.1, 0.15) is 42.4 Å². The number of pyridine rings is 1. The van der Waals surface area contributed by atoms with Crippen LogP contribution in [-0.2, 0) is 5.41 Å². The molecule has 0 aliphatic carbocycles. The summed E-state index contributed by atoms with van der Waals surface area (Å²) in [5.74, 6) is -0.962. The second kappa shape index (κ2) is 5.79. The van der Waals surface area contributed by atoms with Gasteiger partial charge in [0.05, 0.1) is 22.6 Å². The highest BCUT2D eigenvalue weighted by Gasteiger charge is 2.16. The lowest BCUT2D eigenvalue weighted by Crippen LogP contribution is -2.10. The van der Waals surface area contributed by atoms with Gasteiger partial charge in [0.15, 0.2) is 0 Å². The summed E-state index contributed by atoms with van der Waals surface area (Å²) in [5, 5.41) is 12.2. The zero-order valence-corrected chi connectivity index (χ0v) is 13.7. The molecule has 2 aromatic rings. The summed E-state index contributed by atoms with van der Waals surface area (Å²) in [5.41, 5.74) is 4.54. The predicted octanol–water partition coefficient (Wildman–Crippen LogP) is 4.09. The van der Waals surface area contributed by atoms with Gasteiger partial charge in [0, 0.05) is 12.6 Å². The van der Waals surface area contributed by atoms with Crippen LogP contribution in [0.3, 0.4) is 0 Å². The lowest BCUT2D eigenvalue weighted by atomic mass is 9.86. The van der Waals surface area contributed by atoms with Gasteiger partial charge in [0.25, 0.3) is 0 Å². The van der Waals surface area contributed by atoms with Crippen LogP contribution in [0.2, 0.25) is 0 Å². The molecule has 0 spiro atoms. The number of hydrogen-bond donors (Lipinski definition) is 2. The van der Waals surface area contributed by atoms with Gasteiger partial charge in [-0.3, -0.25) is 4.98 Å². The standard InChI is InChI=1S/C18H22N2O2/c1-11-14(17(21)22)10-15(19-5)16(20-11)12-6-8-13(9-7-12)18(2,3)4/h6-10,19H,1-5H3,(H,21,22). The maximum atomic E-state index is 11.2. The first-order valence-corrected chi connectivity index (χ1v) is 7.27. The summed E-state index contributed by atoms with van der Waals surface area (Å²) in [6.45, 7) is 8.23. The Bertz CT molecular complexity index is 698. The van der Waals surface area contributed by atoms with Gasteiger partial charge in [-0.15, -0.1) is 0 Å². The number of nitrogens with one attached hydrogen (secondary N) is 1. The van der Waals surface area contributed by atoms with Crippen LogP contribution in [0.15, 0.2) is 30.3 Å². The molecule has 0 fully saturated rings. The van der Waals surface area contributed by atoms with Crippen molar-refractivity contribution in [3.63, 3.8) is 0 Å². The van der Waals surface area contributed by atoms with E-state index in [2.05, 4.69) is 43.2 Å². The Morgan fingerprint density at radius 2 is 1.77 bits per heavy atom. The SMILES string of the molecule is CNc1cc(C(=O)O)c(C)nc1-c1ccc(C(C)(C)C)cc1. The number of nitrogens with zero attached hydrogens (tertiary/aromatic N) is 1. The van der Waals surface area contributed by atoms with Crippen molar-refractivity contribution in [3.05, 3.63) is 47.2 Å². The maximum Gasteiger partial charge on any atom is 0.337 e. The van der Waals surface area contributed by atoms with Crippen molar-refractivity contribution in [3.8, 4) is 11.3 Å². The Morgan fingerprint density at radius 1 is 1.18 bits per heavy atom. The second-order valence-electron chi connectivity index (χ2n) is 6.40. The number of aromatic carboxylic acids is 1. The van der Waals surface area contributed by atoms with Crippen LogP contribution in [-0.4, -0.2) is 23.1 Å². The first kappa shape index (κ1) is 16.0. The third kappa shape index (κ3) is 3.11. The highest BCUT2D eigenvalue weighted by molar-refractivity contribution is 5.92. The van der Waals surface area contributed by atoms with Crippen LogP contribution in [0.5, 0.6) is 0 Å². The molecular weight excluding hydrogens is 276 g/mol. The lowest BCUT2D eigenvalue weighted by molar-refractivity contribution is 0.0695. The summed E-state index contributed by atoms with van der Waals surface area (Å²) in [4.78, 5) is 15.7. The van der Waals surface area contributed by atoms with E-state index in [-0.39, 0.29) is 11.0 Å². The Labute approximate surface area is 131 Å². The summed E-state index contributed by atoms with van der Waals surface area (Å²) in [6, 6.07) is 9.89. The van der Waals surface area contributed by atoms with Crippen molar-refractivity contribution in [1.29, 1.82) is 0 Å². The zero-order valence-electron chi connectivity index (χ0n) is 13.7. The van der Waals surface area contributed by atoms with Gasteiger partial charge in [-0.1, -0.05) is 45.0 Å². The fourth-order valence-corrected chi connectivity index (χ4v) is 2.36. The minimum atomic E-state index is -0.962. The molecule has 0 amide bonds. The van der Waals surface area contributed by atoms with Crippen LogP contribution < -0.4 is 5.32 Å². The van der Waals surface area contributed by atoms with Crippen molar-refractivity contribution >= 4 is 11.7 Å². The molecule has 0 bridgehead atoms. The molecular formula is C18H22N2O2. The molecule has 0 aliphatic heterocycles. The van der Waals surface area contributed by atoms with Gasteiger partial charge in [-0.25, -0.2) is 4.79 Å². The van der Waals surface area contributed by atoms with Gasteiger partial charge in [-0.2, -0.15) is 0 Å². The molecule has 2 rings (SSSR count). The molecule has 0 saturated carbocycles. The molecule has 0 radical (unpaired) electrons. The van der Waals surface area contributed by atoms with Gasteiger partial charge < -0.3 is 10.4 Å². The molecule has 116 valence electrons. The van der Waals surface area contributed by atoms with Gasteiger partial charge in [0.1, 0.15) is 0 Å². The average molecular weight is 298 g/mol. The minimum Gasteiger partial charge on any atom is -0.478 e. The predicted molar refractivity (Wildman–Crippen MR) is 89.6 cm³/mol. The number of aryl methyl sites for hydroxylation is 1. The highest BCUT2D eigenvalue weighted by Crippen LogP contribution is 2.30. The van der Waals surface area contributed by atoms with E-state index in [4.69, 9.17) is 0 Å². The van der Waals surface area contributed by atoms with E-state index >= 15 is 0 Å². The number of carboxylic acid groups (broad SMARTS) is 1. The molecule has 1 heterocycles. The van der Waals surface area contributed by atoms with E-state index in [0.717, 1.165) is 11.3 Å². The quantitative estimate of drug-likeness (QED) is 0.895. The molecule has 0 aliphatic rings. The van der Waals surface area contributed by atoms with E-state index in [1.54, 1.807) is 20.0 Å². The third-order valence-electron chi connectivity index (χ3n) is 3.74.